The van der Waals surface area contributed by atoms with Gasteiger partial charge in [0.15, 0.2) is 5.75 Å². The number of likely N-dealkylation sites (N-methyl/N-ethyl adjacent to an activating group) is 1. The van der Waals surface area contributed by atoms with Crippen LogP contribution in [0.2, 0.25) is 0 Å². The van der Waals surface area contributed by atoms with E-state index in [1.165, 1.54) is 19.2 Å². The molecule has 0 radical (unpaired) electrons. The van der Waals surface area contributed by atoms with Crippen molar-refractivity contribution in [2.45, 2.75) is 6.54 Å². The Hall–Kier alpha value is -3.61. The number of benzene rings is 2. The van der Waals surface area contributed by atoms with Crippen molar-refractivity contribution in [2.24, 2.45) is 0 Å². The lowest BCUT2D eigenvalue weighted by Crippen LogP contribution is -2.31. The highest BCUT2D eigenvalue weighted by atomic mass is 19.1. The van der Waals surface area contributed by atoms with E-state index in [0.29, 0.717) is 42.3 Å². The van der Waals surface area contributed by atoms with Crippen LogP contribution >= 0.6 is 0 Å². The third kappa shape index (κ3) is 3.91. The van der Waals surface area contributed by atoms with Crippen molar-refractivity contribution in [2.75, 3.05) is 32.2 Å². The van der Waals surface area contributed by atoms with Crippen LogP contribution in [0.25, 0.3) is 11.1 Å². The average molecular weight is 407 g/mol. The number of nitrogens with one attached hydrogen (secondary N) is 1. The normalized spacial score (nSPS) is 12.7. The van der Waals surface area contributed by atoms with Gasteiger partial charge in [-0.25, -0.2) is 4.39 Å². The molecule has 0 bridgehead atoms. The summed E-state index contributed by atoms with van der Waals surface area (Å²) in [7, 11) is 3.44. The fourth-order valence-electron chi connectivity index (χ4n) is 3.46. The molecule has 4 rings (SSSR count). The second kappa shape index (κ2) is 8.41. The van der Waals surface area contributed by atoms with Gasteiger partial charge in [-0.1, -0.05) is 6.07 Å². The minimum Gasteiger partial charge on any atom is -0.496 e. The SMILES string of the molecule is COc1cc(F)ccc1-c1cc(C(=O)NCc2cccnc2)c2c(c1)N(C)CCO2. The lowest BCUT2D eigenvalue weighted by Gasteiger charge is -2.30. The van der Waals surface area contributed by atoms with E-state index < -0.39 is 0 Å². The van der Waals surface area contributed by atoms with E-state index in [2.05, 4.69) is 10.3 Å². The zero-order valence-electron chi connectivity index (χ0n) is 16.8. The van der Waals surface area contributed by atoms with E-state index in [1.54, 1.807) is 24.5 Å². The molecule has 7 heteroatoms. The molecular formula is C23H22FN3O3. The first-order valence-corrected chi connectivity index (χ1v) is 9.60. The number of halogens is 1. The van der Waals surface area contributed by atoms with Gasteiger partial charge in [0, 0.05) is 37.6 Å². The standard InChI is InChI=1S/C23H22FN3O3/c1-27-8-9-30-22-19(23(28)26-14-15-4-3-7-25-13-15)10-16(11-20(22)27)18-6-5-17(24)12-21(18)29-2/h3-7,10-13H,8-9,14H2,1-2H3,(H,26,28). The Kier molecular flexibility index (Phi) is 5.52. The molecule has 154 valence electrons. The van der Waals surface area contributed by atoms with Gasteiger partial charge < -0.3 is 19.7 Å². The van der Waals surface area contributed by atoms with Crippen LogP contribution < -0.4 is 19.7 Å². The number of amides is 1. The maximum atomic E-state index is 13.7. The smallest absolute Gasteiger partial charge is 0.255 e. The van der Waals surface area contributed by atoms with Gasteiger partial charge in [0.25, 0.3) is 5.91 Å². The summed E-state index contributed by atoms with van der Waals surface area (Å²) in [6.45, 7) is 1.54. The van der Waals surface area contributed by atoms with Gasteiger partial charge in [0.05, 0.1) is 24.9 Å². The molecule has 1 amide bonds. The highest BCUT2D eigenvalue weighted by Crippen LogP contribution is 2.41. The van der Waals surface area contributed by atoms with E-state index in [1.807, 2.05) is 30.1 Å². The molecular weight excluding hydrogens is 385 g/mol. The topological polar surface area (TPSA) is 63.7 Å². The molecule has 2 aromatic carbocycles. The minimum atomic E-state index is -0.386. The second-order valence-electron chi connectivity index (χ2n) is 7.03. The van der Waals surface area contributed by atoms with Gasteiger partial charge in [-0.3, -0.25) is 9.78 Å². The van der Waals surface area contributed by atoms with E-state index in [9.17, 15) is 9.18 Å². The van der Waals surface area contributed by atoms with Crippen LogP contribution in [-0.2, 0) is 6.54 Å². The largest absolute Gasteiger partial charge is 0.496 e. The molecule has 0 saturated carbocycles. The van der Waals surface area contributed by atoms with Crippen LogP contribution in [0.5, 0.6) is 11.5 Å². The Bertz CT molecular complexity index is 1070. The van der Waals surface area contributed by atoms with E-state index in [4.69, 9.17) is 9.47 Å². The molecule has 30 heavy (non-hydrogen) atoms. The fourth-order valence-corrected chi connectivity index (χ4v) is 3.46. The number of anilines is 1. The van der Waals surface area contributed by atoms with Crippen LogP contribution in [0.1, 0.15) is 15.9 Å². The van der Waals surface area contributed by atoms with Crippen molar-refractivity contribution >= 4 is 11.6 Å². The predicted octanol–water partition coefficient (Wildman–Crippen LogP) is 3.65. The molecule has 1 N–H and O–H groups in total. The van der Waals surface area contributed by atoms with E-state index in [0.717, 1.165) is 16.8 Å². The van der Waals surface area contributed by atoms with Gasteiger partial charge in [-0.05, 0) is 41.5 Å². The summed E-state index contributed by atoms with van der Waals surface area (Å²) in [5.74, 6) is 0.296. The van der Waals surface area contributed by atoms with Crippen LogP contribution in [0.15, 0.2) is 54.9 Å². The zero-order valence-corrected chi connectivity index (χ0v) is 16.8. The second-order valence-corrected chi connectivity index (χ2v) is 7.03. The summed E-state index contributed by atoms with van der Waals surface area (Å²) in [6, 6.07) is 11.8. The summed E-state index contributed by atoms with van der Waals surface area (Å²) in [4.78, 5) is 19.2. The number of methoxy groups -OCH3 is 1. The lowest BCUT2D eigenvalue weighted by molar-refractivity contribution is 0.0946. The first-order valence-electron chi connectivity index (χ1n) is 9.60. The molecule has 1 aliphatic heterocycles. The molecule has 2 heterocycles. The number of ether oxygens (including phenoxy) is 2. The Morgan fingerprint density at radius 1 is 1.30 bits per heavy atom. The number of pyridine rings is 1. The zero-order chi connectivity index (χ0) is 21.1. The van der Waals surface area contributed by atoms with Crippen molar-refractivity contribution in [3.8, 4) is 22.6 Å². The van der Waals surface area contributed by atoms with Gasteiger partial charge in [0.1, 0.15) is 18.2 Å². The number of hydrogen-bond donors (Lipinski definition) is 1. The number of aromatic nitrogens is 1. The van der Waals surface area contributed by atoms with E-state index >= 15 is 0 Å². The van der Waals surface area contributed by atoms with Crippen molar-refractivity contribution in [1.82, 2.24) is 10.3 Å². The van der Waals surface area contributed by atoms with Crippen molar-refractivity contribution in [3.63, 3.8) is 0 Å². The number of nitrogens with zero attached hydrogens (tertiary/aromatic N) is 2. The molecule has 0 unspecified atom stereocenters. The van der Waals surface area contributed by atoms with Gasteiger partial charge in [-0.15, -0.1) is 0 Å². The first kappa shape index (κ1) is 19.7. The van der Waals surface area contributed by atoms with Gasteiger partial charge >= 0.3 is 0 Å². The summed E-state index contributed by atoms with van der Waals surface area (Å²) in [5.41, 5.74) is 3.56. The quantitative estimate of drug-likeness (QED) is 0.700. The van der Waals surface area contributed by atoms with Crippen molar-refractivity contribution in [1.29, 1.82) is 0 Å². The van der Waals surface area contributed by atoms with Crippen molar-refractivity contribution in [3.05, 3.63) is 71.8 Å². The summed E-state index contributed by atoms with van der Waals surface area (Å²) >= 11 is 0. The summed E-state index contributed by atoms with van der Waals surface area (Å²) in [5, 5.41) is 2.93. The van der Waals surface area contributed by atoms with E-state index in [-0.39, 0.29) is 11.7 Å². The number of hydrogen-bond acceptors (Lipinski definition) is 5. The summed E-state index contributed by atoms with van der Waals surface area (Å²) in [6.07, 6.45) is 3.39. The van der Waals surface area contributed by atoms with Gasteiger partial charge in [-0.2, -0.15) is 0 Å². The number of rotatable bonds is 5. The Morgan fingerprint density at radius 2 is 2.17 bits per heavy atom. The van der Waals surface area contributed by atoms with Crippen LogP contribution in [0, 0.1) is 5.82 Å². The predicted molar refractivity (Wildman–Crippen MR) is 113 cm³/mol. The molecule has 0 fully saturated rings. The fraction of sp³-hybridized carbons (Fsp3) is 0.217. The Balaban J connectivity index is 1.75. The van der Waals surface area contributed by atoms with Crippen LogP contribution in [-0.4, -0.2) is 38.2 Å². The molecule has 0 aliphatic carbocycles. The lowest BCUT2D eigenvalue weighted by atomic mass is 9.98. The maximum absolute atomic E-state index is 13.7. The highest BCUT2D eigenvalue weighted by Gasteiger charge is 2.25. The highest BCUT2D eigenvalue weighted by molar-refractivity contribution is 6.01. The molecule has 0 spiro atoms. The van der Waals surface area contributed by atoms with Crippen molar-refractivity contribution < 1.29 is 18.7 Å². The molecule has 1 aromatic heterocycles. The third-order valence-electron chi connectivity index (χ3n) is 5.05. The molecule has 0 atom stereocenters. The van der Waals surface area contributed by atoms with Gasteiger partial charge in [0.2, 0.25) is 0 Å². The van der Waals surface area contributed by atoms with Crippen LogP contribution in [0.4, 0.5) is 10.1 Å². The minimum absolute atomic E-state index is 0.256. The molecule has 6 nitrogen and oxygen atoms in total. The Labute approximate surface area is 174 Å². The number of carbonyl (C=O) groups is 1. The average Bonchev–Trinajstić information content (AvgIpc) is 2.78. The number of carbonyl (C=O) groups excluding carboxylic acids is 1. The summed E-state index contributed by atoms with van der Waals surface area (Å²) < 4.78 is 24.9. The first-order chi connectivity index (χ1) is 14.6. The monoisotopic (exact) mass is 407 g/mol. The Morgan fingerprint density at radius 3 is 2.93 bits per heavy atom. The molecule has 1 aliphatic rings. The maximum Gasteiger partial charge on any atom is 0.255 e. The van der Waals surface area contributed by atoms with Crippen LogP contribution in [0.3, 0.4) is 0 Å². The number of fused-ring (bicyclic) bond motifs is 1. The molecule has 0 saturated heterocycles. The third-order valence-corrected chi connectivity index (χ3v) is 5.05. The molecule has 3 aromatic rings.